The normalized spacial score (nSPS) is 18.1. The predicted octanol–water partition coefficient (Wildman–Crippen LogP) is 2.70. The molecule has 1 aromatic carbocycles. The molecule has 0 bridgehead atoms. The number of amides is 1. The maximum atomic E-state index is 11.4. The molecule has 0 saturated carbocycles. The van der Waals surface area contributed by atoms with Crippen LogP contribution < -0.4 is 5.73 Å². The van der Waals surface area contributed by atoms with E-state index in [1.165, 1.54) is 10.5 Å². The first-order chi connectivity index (χ1) is 9.58. The van der Waals surface area contributed by atoms with Crippen molar-refractivity contribution < 1.29 is 9.90 Å². The number of fused-ring (bicyclic) bond motifs is 1. The molecule has 0 saturated heterocycles. The Morgan fingerprint density at radius 2 is 2.40 bits per heavy atom. The average molecular weight is 272 g/mol. The van der Waals surface area contributed by atoms with Crippen LogP contribution in [0.5, 0.6) is 0 Å². The number of carboxylic acid groups (broad SMARTS) is 1. The van der Waals surface area contributed by atoms with Gasteiger partial charge in [-0.3, -0.25) is 4.90 Å². The molecular weight excluding hydrogens is 252 g/mol. The highest BCUT2D eigenvalue weighted by molar-refractivity contribution is 5.66. The van der Waals surface area contributed by atoms with Crippen LogP contribution in [-0.2, 0) is 6.42 Å². The summed E-state index contributed by atoms with van der Waals surface area (Å²) in [5.74, 6) is 2.42. The van der Waals surface area contributed by atoms with Gasteiger partial charge in [0.05, 0.1) is 12.6 Å². The second-order valence-corrected chi connectivity index (χ2v) is 5.14. The molecule has 0 aliphatic heterocycles. The summed E-state index contributed by atoms with van der Waals surface area (Å²) < 4.78 is 0. The van der Waals surface area contributed by atoms with Crippen molar-refractivity contribution in [2.24, 2.45) is 5.73 Å². The first kappa shape index (κ1) is 14.4. The van der Waals surface area contributed by atoms with Gasteiger partial charge in [-0.05, 0) is 36.0 Å². The number of benzene rings is 1. The summed E-state index contributed by atoms with van der Waals surface area (Å²) in [5, 5.41) is 9.32. The summed E-state index contributed by atoms with van der Waals surface area (Å²) >= 11 is 0. The van der Waals surface area contributed by atoms with Gasteiger partial charge in [-0.25, -0.2) is 4.79 Å². The van der Waals surface area contributed by atoms with Crippen molar-refractivity contribution >= 4 is 6.09 Å². The third-order valence-corrected chi connectivity index (χ3v) is 3.95. The van der Waals surface area contributed by atoms with Crippen LogP contribution in [0.1, 0.15) is 48.5 Å². The number of hydrogen-bond donors (Lipinski definition) is 2. The van der Waals surface area contributed by atoms with Gasteiger partial charge in [0, 0.05) is 6.04 Å². The zero-order valence-corrected chi connectivity index (χ0v) is 11.7. The second kappa shape index (κ2) is 5.98. The van der Waals surface area contributed by atoms with E-state index in [0.717, 1.165) is 24.0 Å². The van der Waals surface area contributed by atoms with Crippen molar-refractivity contribution in [1.29, 1.82) is 0 Å². The Kier molecular flexibility index (Phi) is 4.31. The molecule has 2 rings (SSSR count). The highest BCUT2D eigenvalue weighted by Gasteiger charge is 2.25. The molecule has 3 N–H and O–H groups in total. The minimum absolute atomic E-state index is 0.0633. The van der Waals surface area contributed by atoms with Gasteiger partial charge in [0.25, 0.3) is 0 Å². The molecule has 2 atom stereocenters. The molecule has 4 heteroatoms. The van der Waals surface area contributed by atoms with Crippen molar-refractivity contribution in [3.05, 3.63) is 34.9 Å². The largest absolute Gasteiger partial charge is 0.465 e. The molecule has 0 fully saturated rings. The van der Waals surface area contributed by atoms with Crippen molar-refractivity contribution in [2.45, 2.75) is 38.3 Å². The molecule has 106 valence electrons. The van der Waals surface area contributed by atoms with Crippen LogP contribution in [0.25, 0.3) is 0 Å². The van der Waals surface area contributed by atoms with E-state index in [4.69, 9.17) is 12.2 Å². The van der Waals surface area contributed by atoms with Crippen LogP contribution >= 0.6 is 0 Å². The van der Waals surface area contributed by atoms with Gasteiger partial charge in [-0.1, -0.05) is 31.0 Å². The Morgan fingerprint density at radius 3 is 3.00 bits per heavy atom. The zero-order chi connectivity index (χ0) is 14.7. The summed E-state index contributed by atoms with van der Waals surface area (Å²) in [5.41, 5.74) is 9.48. The maximum absolute atomic E-state index is 11.4. The molecule has 1 aromatic rings. The molecule has 1 aliphatic rings. The molecule has 4 nitrogen and oxygen atoms in total. The lowest BCUT2D eigenvalue weighted by molar-refractivity contribution is 0.130. The molecule has 0 aromatic heterocycles. The summed E-state index contributed by atoms with van der Waals surface area (Å²) in [4.78, 5) is 12.7. The van der Waals surface area contributed by atoms with E-state index in [1.807, 2.05) is 19.1 Å². The maximum Gasteiger partial charge on any atom is 0.408 e. The first-order valence-corrected chi connectivity index (χ1v) is 6.89. The monoisotopic (exact) mass is 272 g/mol. The molecule has 0 radical (unpaired) electrons. The van der Waals surface area contributed by atoms with Gasteiger partial charge in [-0.2, -0.15) is 0 Å². The fraction of sp³-hybridized carbons (Fsp3) is 0.438. The number of aryl methyl sites for hydroxylation is 1. The molecule has 0 spiro atoms. The van der Waals surface area contributed by atoms with Crippen molar-refractivity contribution in [3.63, 3.8) is 0 Å². The fourth-order valence-electron chi connectivity index (χ4n) is 2.91. The lowest BCUT2D eigenvalue weighted by atomic mass is 9.97. The minimum atomic E-state index is -0.986. The van der Waals surface area contributed by atoms with Crippen LogP contribution in [0, 0.1) is 12.3 Å². The Bertz CT molecular complexity index is 548. The lowest BCUT2D eigenvalue weighted by Crippen LogP contribution is -2.33. The molecular formula is C16H20N2O2. The summed E-state index contributed by atoms with van der Waals surface area (Å²) in [6, 6.07) is 5.95. The topological polar surface area (TPSA) is 66.6 Å². The molecule has 1 amide bonds. The fourth-order valence-corrected chi connectivity index (χ4v) is 2.91. The van der Waals surface area contributed by atoms with Gasteiger partial charge in [0.15, 0.2) is 0 Å². The SMILES string of the molecule is C#CCN(C(=O)O)[C@H](CC)c1ccc2c(c1)C(N)CC2. The van der Waals surface area contributed by atoms with E-state index in [0.29, 0.717) is 6.42 Å². The van der Waals surface area contributed by atoms with E-state index < -0.39 is 6.09 Å². The zero-order valence-electron chi connectivity index (χ0n) is 11.7. The Hall–Kier alpha value is -1.99. The average Bonchev–Trinajstić information content (AvgIpc) is 2.80. The molecule has 0 heterocycles. The summed E-state index contributed by atoms with van der Waals surface area (Å²) in [6.45, 7) is 2.06. The quantitative estimate of drug-likeness (QED) is 0.828. The Labute approximate surface area is 119 Å². The predicted molar refractivity (Wildman–Crippen MR) is 78.3 cm³/mol. The van der Waals surface area contributed by atoms with Crippen LogP contribution in [0.2, 0.25) is 0 Å². The third-order valence-electron chi connectivity index (χ3n) is 3.95. The van der Waals surface area contributed by atoms with E-state index in [-0.39, 0.29) is 18.6 Å². The third kappa shape index (κ3) is 2.63. The number of nitrogens with zero attached hydrogens (tertiary/aromatic N) is 1. The van der Waals surface area contributed by atoms with Gasteiger partial charge < -0.3 is 10.8 Å². The number of carbonyl (C=O) groups is 1. The van der Waals surface area contributed by atoms with Gasteiger partial charge >= 0.3 is 6.09 Å². The van der Waals surface area contributed by atoms with E-state index >= 15 is 0 Å². The number of hydrogen-bond acceptors (Lipinski definition) is 2. The minimum Gasteiger partial charge on any atom is -0.465 e. The summed E-state index contributed by atoms with van der Waals surface area (Å²) in [7, 11) is 0. The smallest absolute Gasteiger partial charge is 0.408 e. The van der Waals surface area contributed by atoms with Crippen LogP contribution in [0.4, 0.5) is 4.79 Å². The number of nitrogens with two attached hydrogens (primary N) is 1. The molecule has 1 unspecified atom stereocenters. The van der Waals surface area contributed by atoms with Gasteiger partial charge in [-0.15, -0.1) is 6.42 Å². The van der Waals surface area contributed by atoms with Crippen molar-refractivity contribution in [3.8, 4) is 12.3 Å². The van der Waals surface area contributed by atoms with Gasteiger partial charge in [0.2, 0.25) is 0 Å². The van der Waals surface area contributed by atoms with Crippen LogP contribution in [0.3, 0.4) is 0 Å². The highest BCUT2D eigenvalue weighted by Crippen LogP contribution is 2.33. The first-order valence-electron chi connectivity index (χ1n) is 6.89. The lowest BCUT2D eigenvalue weighted by Gasteiger charge is -2.28. The van der Waals surface area contributed by atoms with Crippen molar-refractivity contribution in [1.82, 2.24) is 4.90 Å². The van der Waals surface area contributed by atoms with E-state index in [9.17, 15) is 9.90 Å². The highest BCUT2D eigenvalue weighted by atomic mass is 16.4. The Morgan fingerprint density at radius 1 is 1.65 bits per heavy atom. The van der Waals surface area contributed by atoms with E-state index in [2.05, 4.69) is 12.0 Å². The van der Waals surface area contributed by atoms with Crippen LogP contribution in [0.15, 0.2) is 18.2 Å². The van der Waals surface area contributed by atoms with Crippen LogP contribution in [-0.4, -0.2) is 22.6 Å². The molecule has 1 aliphatic carbocycles. The Balaban J connectivity index is 2.35. The van der Waals surface area contributed by atoms with Crippen molar-refractivity contribution in [2.75, 3.05) is 6.54 Å². The molecule has 20 heavy (non-hydrogen) atoms. The van der Waals surface area contributed by atoms with E-state index in [1.54, 1.807) is 0 Å². The number of rotatable bonds is 4. The summed E-state index contributed by atoms with van der Waals surface area (Å²) in [6.07, 6.45) is 6.93. The second-order valence-electron chi connectivity index (χ2n) is 5.14. The standard InChI is InChI=1S/C16H20N2O2/c1-3-9-18(16(19)20)15(4-2)12-6-5-11-7-8-14(17)13(11)10-12/h1,5-6,10,14-15H,4,7-9,17H2,2H3,(H,19,20)/t14?,15-/m1/s1. The van der Waals surface area contributed by atoms with Gasteiger partial charge in [0.1, 0.15) is 0 Å². The number of terminal acetylenes is 1.